The van der Waals surface area contributed by atoms with Crippen molar-refractivity contribution in [2.45, 2.75) is 20.0 Å². The van der Waals surface area contributed by atoms with E-state index in [9.17, 15) is 4.79 Å². The lowest BCUT2D eigenvalue weighted by Crippen LogP contribution is -1.98. The maximum absolute atomic E-state index is 11.1. The maximum atomic E-state index is 11.1. The standard InChI is InChI=1S/C8H10O3/c1-2-8(10)7-5-11-4-6(7)3-9/h4-5,9H,2-3H2,1H3. The number of carbonyl (C=O) groups excluding carboxylic acids is 1. The Morgan fingerprint density at radius 1 is 1.64 bits per heavy atom. The van der Waals surface area contributed by atoms with Gasteiger partial charge in [-0.3, -0.25) is 4.79 Å². The average Bonchev–Trinajstić information content (AvgIpc) is 2.50. The Bertz CT molecular complexity index is 250. The lowest BCUT2D eigenvalue weighted by atomic mass is 10.1. The van der Waals surface area contributed by atoms with E-state index >= 15 is 0 Å². The largest absolute Gasteiger partial charge is 0.471 e. The molecule has 0 unspecified atom stereocenters. The summed E-state index contributed by atoms with van der Waals surface area (Å²) in [7, 11) is 0. The molecule has 1 aromatic heterocycles. The zero-order chi connectivity index (χ0) is 8.27. The summed E-state index contributed by atoms with van der Waals surface area (Å²) in [4.78, 5) is 11.1. The molecule has 0 saturated carbocycles. The highest BCUT2D eigenvalue weighted by atomic mass is 16.3. The van der Waals surface area contributed by atoms with E-state index in [4.69, 9.17) is 9.52 Å². The minimum absolute atomic E-state index is 0.00259. The highest BCUT2D eigenvalue weighted by molar-refractivity contribution is 5.96. The first kappa shape index (κ1) is 8.01. The van der Waals surface area contributed by atoms with Gasteiger partial charge in [-0.25, -0.2) is 0 Å². The zero-order valence-corrected chi connectivity index (χ0v) is 6.33. The number of hydrogen-bond acceptors (Lipinski definition) is 3. The molecular formula is C8H10O3. The molecule has 0 aliphatic heterocycles. The molecule has 0 aliphatic carbocycles. The van der Waals surface area contributed by atoms with Gasteiger partial charge in [0.1, 0.15) is 6.26 Å². The van der Waals surface area contributed by atoms with Crippen LogP contribution in [0.15, 0.2) is 16.9 Å². The SMILES string of the molecule is CCC(=O)c1cocc1CO. The second kappa shape index (κ2) is 3.34. The van der Waals surface area contributed by atoms with Crippen molar-refractivity contribution in [2.75, 3.05) is 0 Å². The number of rotatable bonds is 3. The molecule has 60 valence electrons. The molecule has 11 heavy (non-hydrogen) atoms. The predicted molar refractivity (Wildman–Crippen MR) is 39.3 cm³/mol. The van der Waals surface area contributed by atoms with Crippen molar-refractivity contribution in [1.29, 1.82) is 0 Å². The highest BCUT2D eigenvalue weighted by Gasteiger charge is 2.10. The van der Waals surface area contributed by atoms with Gasteiger partial charge in [-0.05, 0) is 0 Å². The first-order valence-electron chi connectivity index (χ1n) is 3.48. The van der Waals surface area contributed by atoms with Crippen molar-refractivity contribution in [1.82, 2.24) is 0 Å². The van der Waals surface area contributed by atoms with E-state index in [1.54, 1.807) is 6.92 Å². The Balaban J connectivity index is 2.92. The fourth-order valence-corrected chi connectivity index (χ4v) is 0.881. The van der Waals surface area contributed by atoms with E-state index < -0.39 is 0 Å². The normalized spacial score (nSPS) is 10.0. The van der Waals surface area contributed by atoms with Crippen LogP contribution in [0.2, 0.25) is 0 Å². The third kappa shape index (κ3) is 1.49. The van der Waals surface area contributed by atoms with Crippen molar-refractivity contribution in [3.63, 3.8) is 0 Å². The number of aliphatic hydroxyl groups is 1. The maximum Gasteiger partial charge on any atom is 0.166 e. The third-order valence-corrected chi connectivity index (χ3v) is 1.53. The van der Waals surface area contributed by atoms with Gasteiger partial charge in [0.25, 0.3) is 0 Å². The summed E-state index contributed by atoms with van der Waals surface area (Å²) in [6.07, 6.45) is 3.20. The second-order valence-electron chi connectivity index (χ2n) is 2.25. The molecule has 0 fully saturated rings. The molecule has 1 aromatic rings. The number of carbonyl (C=O) groups is 1. The first-order chi connectivity index (χ1) is 5.29. The number of aliphatic hydroxyl groups excluding tert-OH is 1. The van der Waals surface area contributed by atoms with Crippen LogP contribution in [-0.2, 0) is 6.61 Å². The van der Waals surface area contributed by atoms with Gasteiger partial charge in [-0.2, -0.15) is 0 Å². The Morgan fingerprint density at radius 3 is 2.91 bits per heavy atom. The van der Waals surface area contributed by atoms with E-state index in [2.05, 4.69) is 0 Å². The van der Waals surface area contributed by atoms with Gasteiger partial charge in [0.2, 0.25) is 0 Å². The van der Waals surface area contributed by atoms with Crippen LogP contribution in [0, 0.1) is 0 Å². The monoisotopic (exact) mass is 154 g/mol. The zero-order valence-electron chi connectivity index (χ0n) is 6.33. The molecule has 0 saturated heterocycles. The van der Waals surface area contributed by atoms with Gasteiger partial charge in [0, 0.05) is 12.0 Å². The summed E-state index contributed by atoms with van der Waals surface area (Å²) < 4.78 is 4.78. The van der Waals surface area contributed by atoms with Crippen molar-refractivity contribution in [3.8, 4) is 0 Å². The van der Waals surface area contributed by atoms with Gasteiger partial charge >= 0.3 is 0 Å². The number of furan rings is 1. The molecule has 0 spiro atoms. The molecule has 0 bridgehead atoms. The van der Waals surface area contributed by atoms with Crippen LogP contribution in [0.1, 0.15) is 29.3 Å². The van der Waals surface area contributed by atoms with Crippen LogP contribution in [0.5, 0.6) is 0 Å². The number of ketones is 1. The first-order valence-corrected chi connectivity index (χ1v) is 3.48. The van der Waals surface area contributed by atoms with Gasteiger partial charge in [-0.1, -0.05) is 6.92 Å². The van der Waals surface area contributed by atoms with Gasteiger partial charge in [0.15, 0.2) is 5.78 Å². The van der Waals surface area contributed by atoms with Crippen LogP contribution in [-0.4, -0.2) is 10.9 Å². The minimum Gasteiger partial charge on any atom is -0.471 e. The molecule has 0 aliphatic rings. The second-order valence-corrected chi connectivity index (χ2v) is 2.25. The van der Waals surface area contributed by atoms with Crippen LogP contribution >= 0.6 is 0 Å². The van der Waals surface area contributed by atoms with E-state index in [0.717, 1.165) is 0 Å². The summed E-state index contributed by atoms with van der Waals surface area (Å²) in [5, 5.41) is 8.74. The van der Waals surface area contributed by atoms with Crippen molar-refractivity contribution >= 4 is 5.78 Å². The summed E-state index contributed by atoms with van der Waals surface area (Å²) in [5.74, 6) is 0.00259. The summed E-state index contributed by atoms with van der Waals surface area (Å²) in [5.41, 5.74) is 1.06. The van der Waals surface area contributed by atoms with E-state index in [-0.39, 0.29) is 12.4 Å². The molecule has 1 N–H and O–H groups in total. The molecule has 1 heterocycles. The molecule has 3 heteroatoms. The molecule has 0 aromatic carbocycles. The van der Waals surface area contributed by atoms with E-state index in [1.165, 1.54) is 12.5 Å². The molecule has 0 amide bonds. The van der Waals surface area contributed by atoms with Crippen LogP contribution in [0.3, 0.4) is 0 Å². The third-order valence-electron chi connectivity index (χ3n) is 1.53. The predicted octanol–water partition coefficient (Wildman–Crippen LogP) is 1.36. The Kier molecular flexibility index (Phi) is 2.44. The van der Waals surface area contributed by atoms with E-state index in [0.29, 0.717) is 17.5 Å². The summed E-state index contributed by atoms with van der Waals surface area (Å²) >= 11 is 0. The van der Waals surface area contributed by atoms with Gasteiger partial charge in [0.05, 0.1) is 18.4 Å². The Labute approximate surface area is 64.6 Å². The molecule has 1 rings (SSSR count). The molecule has 0 atom stereocenters. The average molecular weight is 154 g/mol. The van der Waals surface area contributed by atoms with Crippen molar-refractivity contribution in [2.24, 2.45) is 0 Å². The Morgan fingerprint density at radius 2 is 2.36 bits per heavy atom. The van der Waals surface area contributed by atoms with Gasteiger partial charge in [-0.15, -0.1) is 0 Å². The Hall–Kier alpha value is -1.09. The van der Waals surface area contributed by atoms with Crippen LogP contribution < -0.4 is 0 Å². The smallest absolute Gasteiger partial charge is 0.166 e. The number of Topliss-reactive ketones (excluding diaryl/α,β-unsaturated/α-hetero) is 1. The fraction of sp³-hybridized carbons (Fsp3) is 0.375. The molecule has 0 radical (unpaired) electrons. The lowest BCUT2D eigenvalue weighted by molar-refractivity contribution is 0.0985. The summed E-state index contributed by atoms with van der Waals surface area (Å²) in [6.45, 7) is 1.63. The minimum atomic E-state index is -0.141. The van der Waals surface area contributed by atoms with Crippen molar-refractivity contribution in [3.05, 3.63) is 23.7 Å². The molecular weight excluding hydrogens is 144 g/mol. The van der Waals surface area contributed by atoms with E-state index in [1.807, 2.05) is 0 Å². The van der Waals surface area contributed by atoms with Gasteiger partial charge < -0.3 is 9.52 Å². The molecule has 3 nitrogen and oxygen atoms in total. The quantitative estimate of drug-likeness (QED) is 0.669. The van der Waals surface area contributed by atoms with Crippen LogP contribution in [0.25, 0.3) is 0 Å². The topological polar surface area (TPSA) is 50.4 Å². The lowest BCUT2D eigenvalue weighted by Gasteiger charge is -1.93. The van der Waals surface area contributed by atoms with Crippen LogP contribution in [0.4, 0.5) is 0 Å². The summed E-state index contributed by atoms with van der Waals surface area (Å²) in [6, 6.07) is 0. The highest BCUT2D eigenvalue weighted by Crippen LogP contribution is 2.12. The number of hydrogen-bond donors (Lipinski definition) is 1. The fourth-order valence-electron chi connectivity index (χ4n) is 0.881. The van der Waals surface area contributed by atoms with Crippen molar-refractivity contribution < 1.29 is 14.3 Å².